The van der Waals surface area contributed by atoms with Gasteiger partial charge in [-0.05, 0) is 49.1 Å². The van der Waals surface area contributed by atoms with E-state index in [1.807, 2.05) is 0 Å². The van der Waals surface area contributed by atoms with Gasteiger partial charge in [0.05, 0.1) is 0 Å². The van der Waals surface area contributed by atoms with Crippen molar-refractivity contribution in [3.05, 3.63) is 34.9 Å². The Kier molecular flexibility index (Phi) is 3.58. The van der Waals surface area contributed by atoms with Gasteiger partial charge in [-0.3, -0.25) is 0 Å². The Bertz CT molecular complexity index is 389. The van der Waals surface area contributed by atoms with Crippen LogP contribution in [-0.4, -0.2) is 6.54 Å². The maximum Gasteiger partial charge on any atom is 0.0208 e. The van der Waals surface area contributed by atoms with Gasteiger partial charge in [-0.2, -0.15) is 0 Å². The van der Waals surface area contributed by atoms with Gasteiger partial charge in [0, 0.05) is 13.1 Å². The zero-order chi connectivity index (χ0) is 12.5. The predicted octanol–water partition coefficient (Wildman–Crippen LogP) is 3.83. The maximum atomic E-state index is 3.65. The van der Waals surface area contributed by atoms with Gasteiger partial charge in [0.2, 0.25) is 0 Å². The zero-order valence-corrected chi connectivity index (χ0v) is 11.6. The molecular formula is C16H25N. The molecule has 0 radical (unpaired) electrons. The Balaban J connectivity index is 1.88. The molecule has 0 spiro atoms. The fourth-order valence-electron chi connectivity index (χ4n) is 2.56. The molecule has 2 rings (SSSR count). The zero-order valence-electron chi connectivity index (χ0n) is 11.6. The van der Waals surface area contributed by atoms with Crippen molar-refractivity contribution in [2.75, 3.05) is 6.54 Å². The van der Waals surface area contributed by atoms with Crippen LogP contribution < -0.4 is 5.32 Å². The van der Waals surface area contributed by atoms with Gasteiger partial charge < -0.3 is 5.32 Å². The van der Waals surface area contributed by atoms with Crippen LogP contribution >= 0.6 is 0 Å². The first-order chi connectivity index (χ1) is 8.03. The van der Waals surface area contributed by atoms with E-state index in [9.17, 15) is 0 Å². The number of hydrogen-bond acceptors (Lipinski definition) is 1. The van der Waals surface area contributed by atoms with E-state index in [0.29, 0.717) is 5.41 Å². The molecule has 0 bridgehead atoms. The Morgan fingerprint density at radius 2 is 1.94 bits per heavy atom. The first-order valence-electron chi connectivity index (χ1n) is 6.80. The molecule has 0 unspecified atom stereocenters. The number of aryl methyl sites for hydroxylation is 2. The van der Waals surface area contributed by atoms with E-state index in [0.717, 1.165) is 12.5 Å². The second-order valence-electron chi connectivity index (χ2n) is 6.05. The third-order valence-corrected chi connectivity index (χ3v) is 4.41. The van der Waals surface area contributed by atoms with Crippen molar-refractivity contribution >= 4 is 0 Å². The highest BCUT2D eigenvalue weighted by molar-refractivity contribution is 5.30. The Hall–Kier alpha value is -0.820. The van der Waals surface area contributed by atoms with Gasteiger partial charge >= 0.3 is 0 Å². The molecule has 1 aromatic carbocycles. The van der Waals surface area contributed by atoms with E-state index < -0.39 is 0 Å². The Labute approximate surface area is 106 Å². The minimum Gasteiger partial charge on any atom is -0.312 e. The van der Waals surface area contributed by atoms with Gasteiger partial charge in [0.15, 0.2) is 0 Å². The van der Waals surface area contributed by atoms with Gasteiger partial charge in [0.25, 0.3) is 0 Å². The highest BCUT2D eigenvalue weighted by Crippen LogP contribution is 2.51. The lowest BCUT2D eigenvalue weighted by atomic mass is 9.92. The molecule has 0 amide bonds. The van der Waals surface area contributed by atoms with Crippen molar-refractivity contribution in [3.8, 4) is 0 Å². The molecule has 94 valence electrons. The predicted molar refractivity (Wildman–Crippen MR) is 74.1 cm³/mol. The van der Waals surface area contributed by atoms with E-state index in [1.165, 1.54) is 36.1 Å². The molecule has 0 heterocycles. The summed E-state index contributed by atoms with van der Waals surface area (Å²) in [4.78, 5) is 0. The minimum absolute atomic E-state index is 0.609. The first-order valence-corrected chi connectivity index (χ1v) is 6.80. The number of benzene rings is 1. The van der Waals surface area contributed by atoms with Crippen LogP contribution in [0, 0.1) is 25.2 Å². The molecule has 1 heteroatoms. The molecule has 0 atom stereocenters. The van der Waals surface area contributed by atoms with Gasteiger partial charge in [0.1, 0.15) is 0 Å². The summed E-state index contributed by atoms with van der Waals surface area (Å²) in [5.74, 6) is 0.814. The second-order valence-corrected chi connectivity index (χ2v) is 6.05. The summed E-state index contributed by atoms with van der Waals surface area (Å²) in [6, 6.07) is 6.72. The van der Waals surface area contributed by atoms with Crippen LogP contribution in [0.25, 0.3) is 0 Å². The lowest BCUT2D eigenvalue weighted by molar-refractivity contribution is 0.337. The summed E-state index contributed by atoms with van der Waals surface area (Å²) in [6.45, 7) is 11.3. The summed E-state index contributed by atoms with van der Waals surface area (Å²) in [5, 5.41) is 3.65. The third-order valence-electron chi connectivity index (χ3n) is 4.41. The summed E-state index contributed by atoms with van der Waals surface area (Å²) >= 11 is 0. The van der Waals surface area contributed by atoms with Crippen molar-refractivity contribution in [1.29, 1.82) is 0 Å². The standard InChI is InChI=1S/C16H25N/c1-12(2)16(7-8-16)11-17-10-15-9-13(3)5-6-14(15)4/h5-6,9,12,17H,7-8,10-11H2,1-4H3. The Morgan fingerprint density at radius 1 is 1.24 bits per heavy atom. The summed E-state index contributed by atoms with van der Waals surface area (Å²) in [7, 11) is 0. The third kappa shape index (κ3) is 2.90. The van der Waals surface area contributed by atoms with Crippen LogP contribution in [0.15, 0.2) is 18.2 Å². The molecule has 1 aromatic rings. The molecular weight excluding hydrogens is 206 g/mol. The summed E-state index contributed by atoms with van der Waals surface area (Å²) in [6.07, 6.45) is 2.81. The van der Waals surface area contributed by atoms with Crippen molar-refractivity contribution < 1.29 is 0 Å². The molecule has 1 N–H and O–H groups in total. The normalized spacial score (nSPS) is 17.5. The largest absolute Gasteiger partial charge is 0.312 e. The number of hydrogen-bond donors (Lipinski definition) is 1. The lowest BCUT2D eigenvalue weighted by Gasteiger charge is -2.20. The minimum atomic E-state index is 0.609. The number of rotatable bonds is 5. The van der Waals surface area contributed by atoms with Crippen molar-refractivity contribution in [2.45, 2.75) is 47.1 Å². The van der Waals surface area contributed by atoms with Crippen LogP contribution in [0.5, 0.6) is 0 Å². The van der Waals surface area contributed by atoms with E-state index in [4.69, 9.17) is 0 Å². The van der Waals surface area contributed by atoms with Gasteiger partial charge in [-0.1, -0.05) is 37.6 Å². The molecule has 0 aromatic heterocycles. The monoisotopic (exact) mass is 231 g/mol. The average molecular weight is 231 g/mol. The molecule has 17 heavy (non-hydrogen) atoms. The quantitative estimate of drug-likeness (QED) is 0.812. The van der Waals surface area contributed by atoms with Crippen LogP contribution in [-0.2, 0) is 6.54 Å². The molecule has 1 saturated carbocycles. The van der Waals surface area contributed by atoms with E-state index in [1.54, 1.807) is 0 Å². The summed E-state index contributed by atoms with van der Waals surface area (Å²) in [5.41, 5.74) is 4.82. The van der Waals surface area contributed by atoms with Crippen molar-refractivity contribution in [3.63, 3.8) is 0 Å². The summed E-state index contributed by atoms with van der Waals surface area (Å²) < 4.78 is 0. The van der Waals surface area contributed by atoms with Gasteiger partial charge in [-0.15, -0.1) is 0 Å². The topological polar surface area (TPSA) is 12.0 Å². The highest BCUT2D eigenvalue weighted by atomic mass is 14.9. The fourth-order valence-corrected chi connectivity index (χ4v) is 2.56. The van der Waals surface area contributed by atoms with Crippen LogP contribution in [0.1, 0.15) is 43.4 Å². The van der Waals surface area contributed by atoms with Crippen LogP contribution in [0.2, 0.25) is 0 Å². The molecule has 1 aliphatic rings. The van der Waals surface area contributed by atoms with Crippen LogP contribution in [0.4, 0.5) is 0 Å². The molecule has 1 fully saturated rings. The van der Waals surface area contributed by atoms with Gasteiger partial charge in [-0.25, -0.2) is 0 Å². The number of nitrogens with one attached hydrogen (secondary N) is 1. The van der Waals surface area contributed by atoms with E-state index >= 15 is 0 Å². The van der Waals surface area contributed by atoms with E-state index in [2.05, 4.69) is 51.2 Å². The SMILES string of the molecule is Cc1ccc(C)c(CNCC2(C(C)C)CC2)c1. The van der Waals surface area contributed by atoms with Crippen molar-refractivity contribution in [1.82, 2.24) is 5.32 Å². The molecule has 1 aliphatic carbocycles. The van der Waals surface area contributed by atoms with Crippen molar-refractivity contribution in [2.24, 2.45) is 11.3 Å². The van der Waals surface area contributed by atoms with E-state index in [-0.39, 0.29) is 0 Å². The van der Waals surface area contributed by atoms with Crippen LogP contribution in [0.3, 0.4) is 0 Å². The molecule has 0 saturated heterocycles. The molecule has 1 nitrogen and oxygen atoms in total. The fraction of sp³-hybridized carbons (Fsp3) is 0.625. The highest BCUT2D eigenvalue weighted by Gasteiger charge is 2.44. The second kappa shape index (κ2) is 4.81. The average Bonchev–Trinajstić information content (AvgIpc) is 3.04. The Morgan fingerprint density at radius 3 is 2.53 bits per heavy atom. The molecule has 0 aliphatic heterocycles. The lowest BCUT2D eigenvalue weighted by Crippen LogP contribution is -2.27. The first kappa shape index (κ1) is 12.6. The maximum absolute atomic E-state index is 3.65. The smallest absolute Gasteiger partial charge is 0.0208 e.